The monoisotopic (exact) mass is 278 g/mol. The van der Waals surface area contributed by atoms with Crippen molar-refractivity contribution in [1.82, 2.24) is 5.32 Å². The predicted octanol–water partition coefficient (Wildman–Crippen LogP) is 0.691. The summed E-state index contributed by atoms with van der Waals surface area (Å²) in [5, 5.41) is 2.70. The number of hydrogen-bond donors (Lipinski definition) is 2. The predicted molar refractivity (Wildman–Crippen MR) is 74.0 cm³/mol. The number of amides is 1. The molecule has 0 saturated heterocycles. The van der Waals surface area contributed by atoms with Crippen molar-refractivity contribution in [3.63, 3.8) is 0 Å². The van der Waals surface area contributed by atoms with Gasteiger partial charge in [-0.1, -0.05) is 13.8 Å². The maximum Gasteiger partial charge on any atom is 0.220 e. The van der Waals surface area contributed by atoms with Crippen molar-refractivity contribution in [2.45, 2.75) is 46.1 Å². The molecule has 3 N–H and O–H groups in total. The summed E-state index contributed by atoms with van der Waals surface area (Å²) in [6.07, 6.45) is 3.20. The molecule has 0 rings (SSSR count). The van der Waals surface area contributed by atoms with Gasteiger partial charge in [0.15, 0.2) is 0 Å². The minimum Gasteiger partial charge on any atom is -0.353 e. The Hall–Kier alpha value is -0.620. The second kappa shape index (κ2) is 7.09. The molecule has 0 radical (unpaired) electrons. The largest absolute Gasteiger partial charge is 0.353 e. The number of nitrogens with two attached hydrogens (primary N) is 1. The van der Waals surface area contributed by atoms with Gasteiger partial charge in [-0.2, -0.15) is 0 Å². The SMILES string of the molecule is CC(CS(C)(=O)=O)NC(=O)CCC(C)(C)CCN. The van der Waals surface area contributed by atoms with Gasteiger partial charge in [0.1, 0.15) is 9.84 Å². The molecule has 0 aliphatic carbocycles. The fourth-order valence-electron chi connectivity index (χ4n) is 1.81. The molecule has 0 aliphatic heterocycles. The van der Waals surface area contributed by atoms with Gasteiger partial charge in [0.25, 0.3) is 0 Å². The van der Waals surface area contributed by atoms with E-state index in [0.717, 1.165) is 12.8 Å². The van der Waals surface area contributed by atoms with Crippen molar-refractivity contribution in [2.24, 2.45) is 11.1 Å². The van der Waals surface area contributed by atoms with Crippen LogP contribution in [-0.4, -0.2) is 38.9 Å². The number of hydrogen-bond acceptors (Lipinski definition) is 4. The Balaban J connectivity index is 4.05. The molecule has 108 valence electrons. The van der Waals surface area contributed by atoms with Crippen molar-refractivity contribution in [3.05, 3.63) is 0 Å². The summed E-state index contributed by atoms with van der Waals surface area (Å²) in [4.78, 5) is 11.7. The molecular formula is C12H26N2O3S. The van der Waals surface area contributed by atoms with Crippen LogP contribution in [-0.2, 0) is 14.6 Å². The quantitative estimate of drug-likeness (QED) is 0.683. The highest BCUT2D eigenvalue weighted by atomic mass is 32.2. The van der Waals surface area contributed by atoms with Gasteiger partial charge in [-0.3, -0.25) is 4.79 Å². The Bertz CT molecular complexity index is 364. The van der Waals surface area contributed by atoms with Crippen LogP contribution in [0, 0.1) is 5.41 Å². The third-order valence-corrected chi connectivity index (χ3v) is 3.92. The molecule has 1 amide bonds. The molecule has 0 saturated carbocycles. The number of rotatable bonds is 8. The van der Waals surface area contributed by atoms with Crippen molar-refractivity contribution in [2.75, 3.05) is 18.6 Å². The Morgan fingerprint density at radius 1 is 1.33 bits per heavy atom. The first-order chi connectivity index (χ1) is 8.06. The van der Waals surface area contributed by atoms with E-state index in [4.69, 9.17) is 5.73 Å². The Morgan fingerprint density at radius 2 is 1.89 bits per heavy atom. The van der Waals surface area contributed by atoms with Gasteiger partial charge in [-0.05, 0) is 31.7 Å². The molecule has 0 aromatic heterocycles. The van der Waals surface area contributed by atoms with Crippen LogP contribution in [0.2, 0.25) is 0 Å². The molecule has 0 aromatic carbocycles. The lowest BCUT2D eigenvalue weighted by Crippen LogP contribution is -2.37. The van der Waals surface area contributed by atoms with E-state index in [1.807, 2.05) is 0 Å². The summed E-state index contributed by atoms with van der Waals surface area (Å²) in [5.74, 6) is -0.124. The van der Waals surface area contributed by atoms with E-state index < -0.39 is 9.84 Å². The van der Waals surface area contributed by atoms with Crippen molar-refractivity contribution in [1.29, 1.82) is 0 Å². The highest BCUT2D eigenvalue weighted by molar-refractivity contribution is 7.90. The summed E-state index contributed by atoms with van der Waals surface area (Å²) in [6, 6.07) is -0.342. The fourth-order valence-corrected chi connectivity index (χ4v) is 2.80. The third kappa shape index (κ3) is 9.41. The molecule has 0 aromatic rings. The van der Waals surface area contributed by atoms with Crippen LogP contribution in [0.25, 0.3) is 0 Å². The third-order valence-electron chi connectivity index (χ3n) is 2.81. The number of carbonyl (C=O) groups excluding carboxylic acids is 1. The van der Waals surface area contributed by atoms with Gasteiger partial charge in [-0.15, -0.1) is 0 Å². The highest BCUT2D eigenvalue weighted by Gasteiger charge is 2.19. The molecule has 18 heavy (non-hydrogen) atoms. The van der Waals surface area contributed by atoms with Crippen LogP contribution in [0.15, 0.2) is 0 Å². The molecule has 1 unspecified atom stereocenters. The maximum absolute atomic E-state index is 11.7. The average Bonchev–Trinajstić information content (AvgIpc) is 2.11. The minimum absolute atomic E-state index is 0.0229. The van der Waals surface area contributed by atoms with Crippen LogP contribution >= 0.6 is 0 Å². The van der Waals surface area contributed by atoms with Crippen molar-refractivity contribution in [3.8, 4) is 0 Å². The average molecular weight is 278 g/mol. The lowest BCUT2D eigenvalue weighted by Gasteiger charge is -2.23. The topological polar surface area (TPSA) is 89.3 Å². The smallest absolute Gasteiger partial charge is 0.220 e. The van der Waals surface area contributed by atoms with Crippen molar-refractivity contribution < 1.29 is 13.2 Å². The lowest BCUT2D eigenvalue weighted by molar-refractivity contribution is -0.122. The number of sulfone groups is 1. The molecule has 5 nitrogen and oxygen atoms in total. The zero-order valence-corrected chi connectivity index (χ0v) is 12.6. The molecule has 6 heteroatoms. The van der Waals surface area contributed by atoms with Crippen LogP contribution in [0.3, 0.4) is 0 Å². The molecule has 0 bridgehead atoms. The lowest BCUT2D eigenvalue weighted by atomic mass is 9.84. The minimum atomic E-state index is -3.05. The Morgan fingerprint density at radius 3 is 2.33 bits per heavy atom. The molecule has 1 atom stereocenters. The summed E-state index contributed by atoms with van der Waals surface area (Å²) >= 11 is 0. The van der Waals surface area contributed by atoms with E-state index in [1.165, 1.54) is 6.26 Å². The van der Waals surface area contributed by atoms with E-state index >= 15 is 0 Å². The Labute approximate surface area is 110 Å². The first-order valence-corrected chi connectivity index (χ1v) is 8.29. The first kappa shape index (κ1) is 17.4. The van der Waals surface area contributed by atoms with E-state index in [0.29, 0.717) is 13.0 Å². The van der Waals surface area contributed by atoms with Crippen LogP contribution in [0.4, 0.5) is 0 Å². The molecular weight excluding hydrogens is 252 g/mol. The Kier molecular flexibility index (Phi) is 6.84. The summed E-state index contributed by atoms with van der Waals surface area (Å²) in [7, 11) is -3.05. The van der Waals surface area contributed by atoms with Gasteiger partial charge in [0, 0.05) is 18.7 Å². The standard InChI is InChI=1S/C12H26N2O3S/c1-10(9-18(4,16)17)14-11(15)5-6-12(2,3)7-8-13/h10H,5-9,13H2,1-4H3,(H,14,15). The van der Waals surface area contributed by atoms with Crippen molar-refractivity contribution >= 4 is 15.7 Å². The van der Waals surface area contributed by atoms with Gasteiger partial charge in [-0.25, -0.2) is 8.42 Å². The highest BCUT2D eigenvalue weighted by Crippen LogP contribution is 2.25. The second-order valence-electron chi connectivity index (χ2n) is 5.76. The van der Waals surface area contributed by atoms with Crippen LogP contribution < -0.4 is 11.1 Å². The zero-order valence-electron chi connectivity index (χ0n) is 11.8. The van der Waals surface area contributed by atoms with E-state index in [2.05, 4.69) is 19.2 Å². The molecule has 0 aliphatic rings. The normalized spacial score (nSPS) is 14.3. The van der Waals surface area contributed by atoms with Gasteiger partial charge in [0.2, 0.25) is 5.91 Å². The zero-order chi connectivity index (χ0) is 14.4. The molecule has 0 heterocycles. The van der Waals surface area contributed by atoms with E-state index in [-0.39, 0.29) is 23.1 Å². The van der Waals surface area contributed by atoms with Crippen LogP contribution in [0.5, 0.6) is 0 Å². The van der Waals surface area contributed by atoms with E-state index in [1.54, 1.807) is 6.92 Å². The van der Waals surface area contributed by atoms with Gasteiger partial charge in [0.05, 0.1) is 5.75 Å². The number of nitrogens with one attached hydrogen (secondary N) is 1. The summed E-state index contributed by atoms with van der Waals surface area (Å²) in [6.45, 7) is 6.46. The van der Waals surface area contributed by atoms with Gasteiger partial charge < -0.3 is 11.1 Å². The second-order valence-corrected chi connectivity index (χ2v) is 7.95. The summed E-state index contributed by atoms with van der Waals surface area (Å²) in [5.41, 5.74) is 5.55. The summed E-state index contributed by atoms with van der Waals surface area (Å²) < 4.78 is 22.1. The molecule has 0 fully saturated rings. The maximum atomic E-state index is 11.7. The van der Waals surface area contributed by atoms with Gasteiger partial charge >= 0.3 is 0 Å². The van der Waals surface area contributed by atoms with E-state index in [9.17, 15) is 13.2 Å². The number of carbonyl (C=O) groups is 1. The first-order valence-electron chi connectivity index (χ1n) is 6.23. The fraction of sp³-hybridized carbons (Fsp3) is 0.917. The van der Waals surface area contributed by atoms with Crippen LogP contribution in [0.1, 0.15) is 40.0 Å². The molecule has 0 spiro atoms.